The van der Waals surface area contributed by atoms with Crippen LogP contribution in [0.5, 0.6) is 5.75 Å². The van der Waals surface area contributed by atoms with Gasteiger partial charge in [0, 0.05) is 23.2 Å². The van der Waals surface area contributed by atoms with Gasteiger partial charge in [0.2, 0.25) is 0 Å². The van der Waals surface area contributed by atoms with Crippen LogP contribution in [0.25, 0.3) is 0 Å². The van der Waals surface area contributed by atoms with Gasteiger partial charge in [-0.15, -0.1) is 0 Å². The second kappa shape index (κ2) is 10.6. The lowest BCUT2D eigenvalue weighted by Gasteiger charge is -2.22. The molecular weight excluding hydrogens is 401 g/mol. The van der Waals surface area contributed by atoms with Gasteiger partial charge in [-0.3, -0.25) is 0 Å². The van der Waals surface area contributed by atoms with E-state index in [0.29, 0.717) is 22.7 Å². The van der Waals surface area contributed by atoms with Crippen LogP contribution in [0.1, 0.15) is 56.1 Å². The van der Waals surface area contributed by atoms with Crippen molar-refractivity contribution in [1.29, 1.82) is 0 Å². The Labute approximate surface area is 177 Å². The smallest absolute Gasteiger partial charge is 0.124 e. The largest absolute Gasteiger partial charge is 0.489 e. The Morgan fingerprint density at radius 1 is 0.852 bits per heavy atom. The van der Waals surface area contributed by atoms with E-state index in [1.165, 1.54) is 44.9 Å². The van der Waals surface area contributed by atoms with E-state index in [4.69, 9.17) is 39.5 Å². The van der Waals surface area contributed by atoms with Crippen molar-refractivity contribution in [2.75, 3.05) is 0 Å². The summed E-state index contributed by atoms with van der Waals surface area (Å²) in [5.74, 6) is 0.851. The summed E-state index contributed by atoms with van der Waals surface area (Å²) in [6.45, 7) is 1.21. The molecule has 2 aromatic carbocycles. The molecule has 146 valence electrons. The maximum atomic E-state index is 6.23. The Morgan fingerprint density at radius 2 is 1.59 bits per heavy atom. The van der Waals surface area contributed by atoms with Crippen molar-refractivity contribution < 1.29 is 4.74 Å². The lowest BCUT2D eigenvalue weighted by molar-refractivity contribution is 0.300. The number of benzene rings is 2. The first-order chi connectivity index (χ1) is 13.1. The maximum Gasteiger partial charge on any atom is 0.124 e. The number of nitrogens with one attached hydrogen (secondary N) is 1. The van der Waals surface area contributed by atoms with Crippen molar-refractivity contribution in [1.82, 2.24) is 5.32 Å². The second-order valence-corrected chi connectivity index (χ2v) is 8.46. The Hall–Kier alpha value is -0.930. The van der Waals surface area contributed by atoms with Gasteiger partial charge in [0.25, 0.3) is 0 Å². The van der Waals surface area contributed by atoms with Gasteiger partial charge in [0.1, 0.15) is 12.4 Å². The summed E-state index contributed by atoms with van der Waals surface area (Å²) in [7, 11) is 0. The molecule has 0 aromatic heterocycles. The molecule has 0 heterocycles. The number of halogens is 3. The molecule has 2 nitrogen and oxygen atoms in total. The SMILES string of the molecule is Clc1ccc(OCc2ccc(Cl)c(Cl)c2)c(CNC2CCCCCCC2)c1. The second-order valence-electron chi connectivity index (χ2n) is 7.21. The lowest BCUT2D eigenvalue weighted by Crippen LogP contribution is -2.29. The van der Waals surface area contributed by atoms with Crippen LogP contribution in [0.4, 0.5) is 0 Å². The minimum absolute atomic E-state index is 0.439. The number of ether oxygens (including phenoxy) is 1. The molecular formula is C22H26Cl3NO. The minimum atomic E-state index is 0.439. The standard InChI is InChI=1S/C22H26Cl3NO/c23-18-9-11-22(27-15-16-8-10-20(24)21(25)12-16)17(13-18)14-26-19-6-4-2-1-3-5-7-19/h8-13,19,26H,1-7,14-15H2. The molecule has 0 aliphatic heterocycles. The predicted octanol–water partition coefficient (Wildman–Crippen LogP) is 7.43. The third kappa shape index (κ3) is 6.57. The first-order valence-corrected chi connectivity index (χ1v) is 10.8. The summed E-state index contributed by atoms with van der Waals surface area (Å²) in [6.07, 6.45) is 9.22. The quantitative estimate of drug-likeness (QED) is 0.518. The van der Waals surface area contributed by atoms with E-state index >= 15 is 0 Å². The van der Waals surface area contributed by atoms with Gasteiger partial charge in [-0.05, 0) is 48.7 Å². The van der Waals surface area contributed by atoms with Crippen LogP contribution in [-0.2, 0) is 13.2 Å². The average molecular weight is 427 g/mol. The first kappa shape index (κ1) is 20.8. The minimum Gasteiger partial charge on any atom is -0.489 e. The summed E-state index contributed by atoms with van der Waals surface area (Å²) in [5.41, 5.74) is 2.07. The fourth-order valence-electron chi connectivity index (χ4n) is 3.53. The van der Waals surface area contributed by atoms with Crippen LogP contribution >= 0.6 is 34.8 Å². The summed E-state index contributed by atoms with van der Waals surface area (Å²) >= 11 is 18.3. The van der Waals surface area contributed by atoms with E-state index in [0.717, 1.165) is 28.4 Å². The molecule has 1 aliphatic carbocycles. The van der Waals surface area contributed by atoms with Gasteiger partial charge >= 0.3 is 0 Å². The van der Waals surface area contributed by atoms with Gasteiger partial charge < -0.3 is 10.1 Å². The molecule has 0 spiro atoms. The highest BCUT2D eigenvalue weighted by atomic mass is 35.5. The van der Waals surface area contributed by atoms with Crippen LogP contribution in [0, 0.1) is 0 Å². The van der Waals surface area contributed by atoms with Crippen LogP contribution < -0.4 is 10.1 Å². The third-order valence-electron chi connectivity index (χ3n) is 5.09. The zero-order valence-corrected chi connectivity index (χ0v) is 17.7. The van der Waals surface area contributed by atoms with E-state index in [-0.39, 0.29) is 0 Å². The summed E-state index contributed by atoms with van der Waals surface area (Å²) < 4.78 is 6.06. The normalized spacial score (nSPS) is 16.0. The van der Waals surface area contributed by atoms with Crippen molar-refractivity contribution in [2.45, 2.75) is 64.1 Å². The number of hydrogen-bond donors (Lipinski definition) is 1. The molecule has 3 rings (SSSR count). The maximum absolute atomic E-state index is 6.23. The lowest BCUT2D eigenvalue weighted by atomic mass is 9.96. The Kier molecular flexibility index (Phi) is 8.14. The molecule has 1 saturated carbocycles. The van der Waals surface area contributed by atoms with E-state index in [9.17, 15) is 0 Å². The highest BCUT2D eigenvalue weighted by molar-refractivity contribution is 6.42. The van der Waals surface area contributed by atoms with Crippen molar-refractivity contribution in [3.05, 3.63) is 62.6 Å². The van der Waals surface area contributed by atoms with Gasteiger partial charge in [0.05, 0.1) is 10.0 Å². The van der Waals surface area contributed by atoms with Crippen molar-refractivity contribution in [3.63, 3.8) is 0 Å². The number of rotatable bonds is 6. The average Bonchev–Trinajstić information content (AvgIpc) is 2.63. The first-order valence-electron chi connectivity index (χ1n) is 9.70. The topological polar surface area (TPSA) is 21.3 Å². The van der Waals surface area contributed by atoms with Gasteiger partial charge in [-0.25, -0.2) is 0 Å². The molecule has 0 radical (unpaired) electrons. The van der Waals surface area contributed by atoms with Crippen molar-refractivity contribution in [2.24, 2.45) is 0 Å². The molecule has 27 heavy (non-hydrogen) atoms. The molecule has 0 unspecified atom stereocenters. The molecule has 1 N–H and O–H groups in total. The highest BCUT2D eigenvalue weighted by Crippen LogP contribution is 2.27. The van der Waals surface area contributed by atoms with Crippen LogP contribution in [-0.4, -0.2) is 6.04 Å². The van der Waals surface area contributed by atoms with Gasteiger partial charge in [-0.2, -0.15) is 0 Å². The monoisotopic (exact) mass is 425 g/mol. The van der Waals surface area contributed by atoms with Crippen LogP contribution in [0.15, 0.2) is 36.4 Å². The molecule has 0 atom stereocenters. The summed E-state index contributed by atoms with van der Waals surface area (Å²) in [5, 5.41) is 5.53. The Bertz CT molecular complexity index is 742. The van der Waals surface area contributed by atoms with Crippen LogP contribution in [0.2, 0.25) is 15.1 Å². The van der Waals surface area contributed by atoms with Crippen molar-refractivity contribution >= 4 is 34.8 Å². The number of hydrogen-bond acceptors (Lipinski definition) is 2. The summed E-state index contributed by atoms with van der Waals surface area (Å²) in [4.78, 5) is 0. The summed E-state index contributed by atoms with van der Waals surface area (Å²) in [6, 6.07) is 11.9. The molecule has 0 amide bonds. The van der Waals surface area contributed by atoms with Crippen molar-refractivity contribution in [3.8, 4) is 5.75 Å². The van der Waals surface area contributed by atoms with Gasteiger partial charge in [0.15, 0.2) is 0 Å². The van der Waals surface area contributed by atoms with E-state index < -0.39 is 0 Å². The molecule has 0 bridgehead atoms. The zero-order chi connectivity index (χ0) is 19.1. The molecule has 2 aromatic rings. The highest BCUT2D eigenvalue weighted by Gasteiger charge is 2.13. The molecule has 0 saturated heterocycles. The third-order valence-corrected chi connectivity index (χ3v) is 6.06. The fourth-order valence-corrected chi connectivity index (χ4v) is 4.05. The van der Waals surface area contributed by atoms with E-state index in [1.807, 2.05) is 30.3 Å². The van der Waals surface area contributed by atoms with Crippen LogP contribution in [0.3, 0.4) is 0 Å². The molecule has 5 heteroatoms. The Balaban J connectivity index is 1.62. The molecule has 1 aliphatic rings. The van der Waals surface area contributed by atoms with E-state index in [1.54, 1.807) is 6.07 Å². The predicted molar refractivity (Wildman–Crippen MR) is 115 cm³/mol. The van der Waals surface area contributed by atoms with Gasteiger partial charge in [-0.1, -0.05) is 73.0 Å². The Morgan fingerprint density at radius 3 is 2.33 bits per heavy atom. The fraction of sp³-hybridized carbons (Fsp3) is 0.455. The van der Waals surface area contributed by atoms with E-state index in [2.05, 4.69) is 5.32 Å². The zero-order valence-electron chi connectivity index (χ0n) is 15.4. The molecule has 1 fully saturated rings.